The van der Waals surface area contributed by atoms with Crippen LogP contribution in [0.25, 0.3) is 10.9 Å². The molecule has 21 heavy (non-hydrogen) atoms. The average Bonchev–Trinajstić information content (AvgIpc) is 2.84. The van der Waals surface area contributed by atoms with Crippen LogP contribution in [0.3, 0.4) is 0 Å². The third-order valence-corrected chi connectivity index (χ3v) is 3.94. The van der Waals surface area contributed by atoms with E-state index in [2.05, 4.69) is 10.4 Å². The van der Waals surface area contributed by atoms with Gasteiger partial charge in [0.2, 0.25) is 5.91 Å². The second kappa shape index (κ2) is 5.20. The van der Waals surface area contributed by atoms with Crippen LogP contribution in [0.1, 0.15) is 23.8 Å². The lowest BCUT2D eigenvalue weighted by molar-refractivity contribution is -0.127. The highest BCUT2D eigenvalue weighted by Gasteiger charge is 2.33. The van der Waals surface area contributed by atoms with E-state index in [0.717, 1.165) is 10.9 Å². The van der Waals surface area contributed by atoms with Crippen molar-refractivity contribution in [2.24, 2.45) is 7.05 Å². The zero-order chi connectivity index (χ0) is 15.0. The van der Waals surface area contributed by atoms with Crippen molar-refractivity contribution in [3.05, 3.63) is 30.0 Å². The topological polar surface area (TPSA) is 67.2 Å². The number of para-hydroxylation sites is 1. The molecule has 2 heterocycles. The van der Waals surface area contributed by atoms with Crippen LogP contribution in [0, 0.1) is 0 Å². The van der Waals surface area contributed by atoms with Crippen LogP contribution in [-0.4, -0.2) is 45.6 Å². The van der Waals surface area contributed by atoms with Crippen molar-refractivity contribution in [3.63, 3.8) is 0 Å². The number of rotatable bonds is 2. The number of nitrogens with zero attached hydrogens (tertiary/aromatic N) is 3. The highest BCUT2D eigenvalue weighted by Crippen LogP contribution is 2.21. The number of piperazine rings is 1. The quantitative estimate of drug-likeness (QED) is 0.893. The summed E-state index contributed by atoms with van der Waals surface area (Å²) in [5.74, 6) is -0.258. The second-order valence-electron chi connectivity index (χ2n) is 5.20. The third kappa shape index (κ3) is 2.16. The maximum atomic E-state index is 12.8. The molecule has 110 valence electrons. The minimum atomic E-state index is -0.410. The van der Waals surface area contributed by atoms with Gasteiger partial charge in [-0.25, -0.2) is 0 Å². The molecule has 2 amide bonds. The Kier molecular flexibility index (Phi) is 3.37. The summed E-state index contributed by atoms with van der Waals surface area (Å²) in [6, 6.07) is 7.22. The van der Waals surface area contributed by atoms with E-state index in [1.54, 1.807) is 9.58 Å². The summed E-state index contributed by atoms with van der Waals surface area (Å²) in [5, 5.41) is 7.98. The van der Waals surface area contributed by atoms with E-state index in [1.807, 2.05) is 38.2 Å². The summed E-state index contributed by atoms with van der Waals surface area (Å²) in [6.45, 7) is 2.92. The molecule has 0 spiro atoms. The number of carbonyl (C=O) groups excluding carboxylic acids is 2. The van der Waals surface area contributed by atoms with Crippen molar-refractivity contribution in [2.45, 2.75) is 19.4 Å². The standard InChI is InChI=1S/C15H18N4O2/c1-3-11-14(20)16-8-9-19(11)15(21)13-10-6-4-5-7-12(10)18(2)17-13/h4-7,11H,3,8-9H2,1-2H3,(H,16,20). The van der Waals surface area contributed by atoms with Gasteiger partial charge in [0.05, 0.1) is 5.52 Å². The van der Waals surface area contributed by atoms with Gasteiger partial charge in [-0.05, 0) is 12.5 Å². The molecule has 0 radical (unpaired) electrons. The summed E-state index contributed by atoms with van der Waals surface area (Å²) in [6.07, 6.45) is 0.600. The van der Waals surface area contributed by atoms with Crippen molar-refractivity contribution in [1.29, 1.82) is 0 Å². The van der Waals surface area contributed by atoms with Crippen LogP contribution in [-0.2, 0) is 11.8 Å². The highest BCUT2D eigenvalue weighted by molar-refractivity contribution is 6.06. The minimum absolute atomic E-state index is 0.0858. The Morgan fingerprint density at radius 2 is 2.19 bits per heavy atom. The molecular weight excluding hydrogens is 268 g/mol. The Labute approximate surface area is 122 Å². The smallest absolute Gasteiger partial charge is 0.275 e. The predicted octanol–water partition coefficient (Wildman–Crippen LogP) is 0.924. The Morgan fingerprint density at radius 1 is 1.43 bits per heavy atom. The molecule has 0 saturated carbocycles. The van der Waals surface area contributed by atoms with Gasteiger partial charge < -0.3 is 10.2 Å². The first-order chi connectivity index (χ1) is 10.1. The van der Waals surface area contributed by atoms with Crippen LogP contribution < -0.4 is 5.32 Å². The van der Waals surface area contributed by atoms with Gasteiger partial charge in [-0.3, -0.25) is 14.3 Å². The fourth-order valence-corrected chi connectivity index (χ4v) is 2.87. The summed E-state index contributed by atoms with van der Waals surface area (Å²) >= 11 is 0. The molecule has 1 saturated heterocycles. The molecule has 1 unspecified atom stereocenters. The molecule has 1 aliphatic rings. The largest absolute Gasteiger partial charge is 0.353 e. The predicted molar refractivity (Wildman–Crippen MR) is 78.8 cm³/mol. The van der Waals surface area contributed by atoms with E-state index >= 15 is 0 Å². The highest BCUT2D eigenvalue weighted by atomic mass is 16.2. The van der Waals surface area contributed by atoms with Gasteiger partial charge in [-0.15, -0.1) is 0 Å². The average molecular weight is 286 g/mol. The van der Waals surface area contributed by atoms with Gasteiger partial charge in [-0.1, -0.05) is 25.1 Å². The summed E-state index contributed by atoms with van der Waals surface area (Å²) < 4.78 is 1.70. The van der Waals surface area contributed by atoms with Gasteiger partial charge >= 0.3 is 0 Å². The molecule has 2 aromatic rings. The van der Waals surface area contributed by atoms with Gasteiger partial charge in [0, 0.05) is 25.5 Å². The van der Waals surface area contributed by atoms with Crippen molar-refractivity contribution in [3.8, 4) is 0 Å². The molecule has 1 aliphatic heterocycles. The number of amides is 2. The zero-order valence-electron chi connectivity index (χ0n) is 12.2. The van der Waals surface area contributed by atoms with E-state index in [0.29, 0.717) is 25.2 Å². The number of aryl methyl sites for hydroxylation is 1. The Bertz CT molecular complexity index is 707. The molecule has 0 aliphatic carbocycles. The lowest BCUT2D eigenvalue weighted by Gasteiger charge is -2.34. The molecule has 1 fully saturated rings. The lowest BCUT2D eigenvalue weighted by atomic mass is 10.1. The summed E-state index contributed by atoms with van der Waals surface area (Å²) in [5.41, 5.74) is 1.33. The Morgan fingerprint density at radius 3 is 2.95 bits per heavy atom. The van der Waals surface area contributed by atoms with Crippen LogP contribution >= 0.6 is 0 Å². The first-order valence-corrected chi connectivity index (χ1v) is 7.14. The molecule has 6 heteroatoms. The Balaban J connectivity index is 2.02. The fraction of sp³-hybridized carbons (Fsp3) is 0.400. The van der Waals surface area contributed by atoms with E-state index in [4.69, 9.17) is 0 Å². The number of carbonyl (C=O) groups is 2. The first kappa shape index (κ1) is 13.6. The maximum Gasteiger partial charge on any atom is 0.275 e. The number of nitrogens with one attached hydrogen (secondary N) is 1. The van der Waals surface area contributed by atoms with Crippen LogP contribution in [0.15, 0.2) is 24.3 Å². The van der Waals surface area contributed by atoms with Gasteiger partial charge in [-0.2, -0.15) is 5.10 Å². The van der Waals surface area contributed by atoms with E-state index in [1.165, 1.54) is 0 Å². The number of hydrogen-bond donors (Lipinski definition) is 1. The van der Waals surface area contributed by atoms with Crippen LogP contribution in [0.5, 0.6) is 0 Å². The van der Waals surface area contributed by atoms with Gasteiger partial charge in [0.1, 0.15) is 6.04 Å². The number of aromatic nitrogens is 2. The van der Waals surface area contributed by atoms with Crippen LogP contribution in [0.4, 0.5) is 0 Å². The van der Waals surface area contributed by atoms with E-state index in [-0.39, 0.29) is 11.8 Å². The number of hydrogen-bond acceptors (Lipinski definition) is 3. The molecular formula is C15H18N4O2. The van der Waals surface area contributed by atoms with Gasteiger partial charge in [0.25, 0.3) is 5.91 Å². The van der Waals surface area contributed by atoms with Crippen molar-refractivity contribution in [2.75, 3.05) is 13.1 Å². The first-order valence-electron chi connectivity index (χ1n) is 7.14. The number of benzene rings is 1. The SMILES string of the molecule is CCC1C(=O)NCCN1C(=O)c1nn(C)c2ccccc12. The molecule has 0 bridgehead atoms. The van der Waals surface area contributed by atoms with Crippen molar-refractivity contribution in [1.82, 2.24) is 20.0 Å². The molecule has 6 nitrogen and oxygen atoms in total. The monoisotopic (exact) mass is 286 g/mol. The molecule has 1 aromatic carbocycles. The third-order valence-electron chi connectivity index (χ3n) is 3.94. The normalized spacial score (nSPS) is 18.9. The maximum absolute atomic E-state index is 12.8. The summed E-state index contributed by atoms with van der Waals surface area (Å²) in [4.78, 5) is 26.4. The molecule has 1 N–H and O–H groups in total. The molecule has 3 rings (SSSR count). The Hall–Kier alpha value is -2.37. The van der Waals surface area contributed by atoms with Gasteiger partial charge in [0.15, 0.2) is 5.69 Å². The minimum Gasteiger partial charge on any atom is -0.353 e. The van der Waals surface area contributed by atoms with Crippen LogP contribution in [0.2, 0.25) is 0 Å². The molecule has 1 atom stereocenters. The van der Waals surface area contributed by atoms with Crippen molar-refractivity contribution >= 4 is 22.7 Å². The number of fused-ring (bicyclic) bond motifs is 1. The van der Waals surface area contributed by atoms with E-state index < -0.39 is 6.04 Å². The fourth-order valence-electron chi connectivity index (χ4n) is 2.87. The lowest BCUT2D eigenvalue weighted by Crippen LogP contribution is -2.57. The van der Waals surface area contributed by atoms with Crippen molar-refractivity contribution < 1.29 is 9.59 Å². The summed E-state index contributed by atoms with van der Waals surface area (Å²) in [7, 11) is 1.82. The zero-order valence-corrected chi connectivity index (χ0v) is 12.2. The van der Waals surface area contributed by atoms with E-state index in [9.17, 15) is 9.59 Å². The molecule has 1 aromatic heterocycles. The second-order valence-corrected chi connectivity index (χ2v) is 5.20.